The van der Waals surface area contributed by atoms with Crippen LogP contribution in [-0.4, -0.2) is 21.5 Å². The molecule has 1 aliphatic heterocycles. The van der Waals surface area contributed by atoms with Crippen molar-refractivity contribution in [3.63, 3.8) is 0 Å². The topological polar surface area (TPSA) is 63.6 Å². The first-order valence-corrected chi connectivity index (χ1v) is 11.9. The van der Waals surface area contributed by atoms with Gasteiger partial charge in [0.25, 0.3) is 11.8 Å². The number of alkyl halides is 3. The fourth-order valence-corrected chi connectivity index (χ4v) is 4.54. The Labute approximate surface area is 224 Å². The number of nitrogens with zero attached hydrogens (tertiary/aromatic N) is 2. The van der Waals surface area contributed by atoms with E-state index < -0.39 is 23.6 Å². The lowest BCUT2D eigenvalue weighted by Crippen LogP contribution is -2.54. The van der Waals surface area contributed by atoms with Crippen LogP contribution in [-0.2, 0) is 22.8 Å². The number of para-hydroxylation sites is 1. The molecule has 1 aliphatic rings. The van der Waals surface area contributed by atoms with Crippen LogP contribution in [0.15, 0.2) is 78.4 Å². The summed E-state index contributed by atoms with van der Waals surface area (Å²) in [5.74, 6) is -1.32. The van der Waals surface area contributed by atoms with E-state index >= 15 is 0 Å². The minimum atomic E-state index is -4.56. The Morgan fingerprint density at radius 2 is 1.71 bits per heavy atom. The van der Waals surface area contributed by atoms with Crippen LogP contribution in [0.3, 0.4) is 0 Å². The molecule has 5 rings (SSSR count). The average molecular weight is 556 g/mol. The maximum Gasteiger partial charge on any atom is 0.416 e. The van der Waals surface area contributed by atoms with Gasteiger partial charge in [-0.1, -0.05) is 35.9 Å². The third-order valence-electron chi connectivity index (χ3n) is 5.94. The first-order chi connectivity index (χ1) is 18.0. The van der Waals surface area contributed by atoms with Gasteiger partial charge in [0.1, 0.15) is 11.3 Å². The number of hydrogen-bond donors (Lipinski definition) is 1. The molecule has 3 aromatic carbocycles. The zero-order valence-electron chi connectivity index (χ0n) is 19.5. The van der Waals surface area contributed by atoms with Gasteiger partial charge in [-0.05, 0) is 66.8 Å². The van der Waals surface area contributed by atoms with Crippen LogP contribution < -0.4 is 15.0 Å². The summed E-state index contributed by atoms with van der Waals surface area (Å²) < 4.78 is 47.4. The highest BCUT2D eigenvalue weighted by molar-refractivity contribution is 7.80. The summed E-state index contributed by atoms with van der Waals surface area (Å²) in [7, 11) is 1.67. The lowest BCUT2D eigenvalue weighted by molar-refractivity contribution is -0.137. The molecule has 0 unspecified atom stereocenters. The van der Waals surface area contributed by atoms with Crippen molar-refractivity contribution >= 4 is 63.4 Å². The highest BCUT2D eigenvalue weighted by atomic mass is 35.5. The van der Waals surface area contributed by atoms with E-state index in [1.54, 1.807) is 60.1 Å². The molecule has 38 heavy (non-hydrogen) atoms. The molecular weight excluding hydrogens is 539 g/mol. The second-order valence-electron chi connectivity index (χ2n) is 8.36. The number of aryl methyl sites for hydroxylation is 1. The Balaban J connectivity index is 1.63. The quantitative estimate of drug-likeness (QED) is 0.178. The predicted octanol–water partition coefficient (Wildman–Crippen LogP) is 6.47. The lowest BCUT2D eigenvalue weighted by Gasteiger charge is -2.29. The molecular formula is C27H17ClF3N3O3S. The number of aromatic nitrogens is 1. The van der Waals surface area contributed by atoms with Gasteiger partial charge >= 0.3 is 6.18 Å². The molecule has 4 aromatic rings. The number of amides is 2. The highest BCUT2D eigenvalue weighted by Gasteiger charge is 2.35. The number of halogens is 4. The molecule has 0 saturated carbocycles. The maximum atomic E-state index is 13.5. The molecule has 0 radical (unpaired) electrons. The molecule has 0 aliphatic carbocycles. The Morgan fingerprint density at radius 3 is 2.42 bits per heavy atom. The van der Waals surface area contributed by atoms with Gasteiger partial charge in [0.15, 0.2) is 5.11 Å². The number of hydrogen-bond acceptors (Lipinski definition) is 4. The van der Waals surface area contributed by atoms with Gasteiger partial charge in [-0.3, -0.25) is 19.8 Å². The summed E-state index contributed by atoms with van der Waals surface area (Å²) in [6, 6.07) is 17.9. The van der Waals surface area contributed by atoms with Crippen molar-refractivity contribution in [2.45, 2.75) is 6.18 Å². The number of thiocarbonyl (C=S) groups is 1. The molecule has 1 saturated heterocycles. The summed E-state index contributed by atoms with van der Waals surface area (Å²) in [6.45, 7) is 0. The second kappa shape index (κ2) is 9.62. The summed E-state index contributed by atoms with van der Waals surface area (Å²) in [4.78, 5) is 27.6. The third-order valence-corrected chi connectivity index (χ3v) is 6.48. The Kier molecular flexibility index (Phi) is 6.46. The molecule has 0 spiro atoms. The van der Waals surface area contributed by atoms with E-state index in [2.05, 4.69) is 5.32 Å². The van der Waals surface area contributed by atoms with Crippen molar-refractivity contribution in [3.05, 3.63) is 94.5 Å². The first kappa shape index (κ1) is 25.5. The van der Waals surface area contributed by atoms with Crippen molar-refractivity contribution in [2.24, 2.45) is 7.05 Å². The summed E-state index contributed by atoms with van der Waals surface area (Å²) in [5.41, 5.74) is 0.299. The number of rotatable bonds is 4. The van der Waals surface area contributed by atoms with E-state index in [1.807, 2.05) is 0 Å². The zero-order chi connectivity index (χ0) is 27.2. The molecule has 0 atom stereocenters. The number of anilines is 1. The molecule has 0 bridgehead atoms. The van der Waals surface area contributed by atoms with Crippen molar-refractivity contribution < 1.29 is 27.5 Å². The minimum Gasteiger partial charge on any atom is -0.440 e. The van der Waals surface area contributed by atoms with Gasteiger partial charge in [0, 0.05) is 23.0 Å². The minimum absolute atomic E-state index is 0.0613. The molecule has 192 valence electrons. The van der Waals surface area contributed by atoms with Crippen LogP contribution in [0.25, 0.3) is 17.0 Å². The van der Waals surface area contributed by atoms with E-state index in [9.17, 15) is 22.8 Å². The molecule has 2 amide bonds. The molecule has 2 heterocycles. The number of benzene rings is 3. The number of ether oxygens (including phenoxy) is 1. The standard InChI is InChI=1S/C27H17ClF3N3O3S/c1-33-22-8-3-2-7-19(22)20(25(33)37-18-6-4-5-15(13-18)27(29,30)31)14-21-23(35)32-26(38)34(24(21)36)17-11-9-16(28)10-12-17/h2-14H,1H3,(H,32,35,38). The third kappa shape index (κ3) is 4.64. The largest absolute Gasteiger partial charge is 0.440 e. The monoisotopic (exact) mass is 555 g/mol. The summed E-state index contributed by atoms with van der Waals surface area (Å²) in [6.07, 6.45) is -3.20. The summed E-state index contributed by atoms with van der Waals surface area (Å²) in [5, 5.41) is 3.49. The smallest absolute Gasteiger partial charge is 0.416 e. The van der Waals surface area contributed by atoms with Gasteiger partial charge in [-0.2, -0.15) is 13.2 Å². The number of carbonyl (C=O) groups excluding carboxylic acids is 2. The van der Waals surface area contributed by atoms with Crippen LogP contribution in [0.4, 0.5) is 18.9 Å². The summed E-state index contributed by atoms with van der Waals surface area (Å²) >= 11 is 11.2. The van der Waals surface area contributed by atoms with Crippen LogP contribution in [0.2, 0.25) is 5.02 Å². The van der Waals surface area contributed by atoms with E-state index in [1.165, 1.54) is 18.2 Å². The molecule has 1 N–H and O–H groups in total. The SMILES string of the molecule is Cn1c(Oc2cccc(C(F)(F)F)c2)c(C=C2C(=O)NC(=S)N(c3ccc(Cl)cc3)C2=O)c2ccccc21. The Hall–Kier alpha value is -4.15. The van der Waals surface area contributed by atoms with E-state index in [0.29, 0.717) is 27.2 Å². The van der Waals surface area contributed by atoms with E-state index in [4.69, 9.17) is 28.6 Å². The number of nitrogens with one attached hydrogen (secondary N) is 1. The fraction of sp³-hybridized carbons (Fsp3) is 0.0741. The molecule has 1 aromatic heterocycles. The van der Waals surface area contributed by atoms with Gasteiger partial charge in [-0.15, -0.1) is 0 Å². The normalized spacial score (nSPS) is 15.3. The van der Waals surface area contributed by atoms with Gasteiger partial charge in [0.05, 0.1) is 16.8 Å². The van der Waals surface area contributed by atoms with Crippen LogP contribution in [0.1, 0.15) is 11.1 Å². The van der Waals surface area contributed by atoms with Crippen molar-refractivity contribution in [1.29, 1.82) is 0 Å². The maximum absolute atomic E-state index is 13.5. The van der Waals surface area contributed by atoms with Crippen molar-refractivity contribution in [2.75, 3.05) is 4.90 Å². The number of fused-ring (bicyclic) bond motifs is 1. The highest BCUT2D eigenvalue weighted by Crippen LogP contribution is 2.38. The van der Waals surface area contributed by atoms with E-state index in [0.717, 1.165) is 17.0 Å². The predicted molar refractivity (Wildman–Crippen MR) is 142 cm³/mol. The average Bonchev–Trinajstić information content (AvgIpc) is 3.13. The van der Waals surface area contributed by atoms with Crippen LogP contribution in [0, 0.1) is 0 Å². The molecule has 1 fully saturated rings. The zero-order valence-corrected chi connectivity index (χ0v) is 21.1. The Bertz CT molecular complexity index is 1650. The van der Waals surface area contributed by atoms with Crippen molar-refractivity contribution in [3.8, 4) is 11.6 Å². The van der Waals surface area contributed by atoms with E-state index in [-0.39, 0.29) is 22.3 Å². The first-order valence-electron chi connectivity index (χ1n) is 11.1. The van der Waals surface area contributed by atoms with Crippen LogP contribution in [0.5, 0.6) is 11.6 Å². The molecule has 11 heteroatoms. The van der Waals surface area contributed by atoms with Gasteiger partial charge in [-0.25, -0.2) is 0 Å². The van der Waals surface area contributed by atoms with Gasteiger partial charge in [0.2, 0.25) is 5.88 Å². The van der Waals surface area contributed by atoms with Gasteiger partial charge < -0.3 is 9.30 Å². The second-order valence-corrected chi connectivity index (χ2v) is 9.18. The number of carbonyl (C=O) groups is 2. The van der Waals surface area contributed by atoms with Crippen LogP contribution >= 0.6 is 23.8 Å². The Morgan fingerprint density at radius 1 is 1.00 bits per heavy atom. The fourth-order valence-electron chi connectivity index (χ4n) is 4.14. The van der Waals surface area contributed by atoms with Crippen molar-refractivity contribution in [1.82, 2.24) is 9.88 Å². The molecule has 6 nitrogen and oxygen atoms in total. The lowest BCUT2D eigenvalue weighted by atomic mass is 10.1.